The molecule has 0 aliphatic heterocycles. The van der Waals surface area contributed by atoms with E-state index in [0.717, 1.165) is 40.3 Å². The maximum atomic E-state index is 11.9. The third-order valence-corrected chi connectivity index (χ3v) is 5.90. The largest absolute Gasteiger partial charge is 0.481 e. The van der Waals surface area contributed by atoms with Crippen molar-refractivity contribution in [2.24, 2.45) is 11.1 Å². The van der Waals surface area contributed by atoms with Gasteiger partial charge in [0.2, 0.25) is 0 Å². The highest BCUT2D eigenvalue weighted by atomic mass is 16.4. The van der Waals surface area contributed by atoms with Crippen molar-refractivity contribution in [1.82, 2.24) is 0 Å². The van der Waals surface area contributed by atoms with Crippen molar-refractivity contribution in [3.63, 3.8) is 0 Å². The predicted octanol–water partition coefficient (Wildman–Crippen LogP) is 6.82. The first-order valence-electron chi connectivity index (χ1n) is 10.6. The third-order valence-electron chi connectivity index (χ3n) is 5.90. The van der Waals surface area contributed by atoms with E-state index in [4.69, 9.17) is 4.42 Å². The van der Waals surface area contributed by atoms with Gasteiger partial charge < -0.3 is 9.52 Å². The van der Waals surface area contributed by atoms with Crippen LogP contribution in [0.1, 0.15) is 42.0 Å². The quantitative estimate of drug-likeness (QED) is 0.304. The van der Waals surface area contributed by atoms with Gasteiger partial charge in [0.05, 0.1) is 6.42 Å². The molecule has 2 atom stereocenters. The molecular formula is C26H25NO4. The van der Waals surface area contributed by atoms with Crippen LogP contribution in [0.15, 0.2) is 76.3 Å². The number of para-hydroxylation sites is 1. The molecule has 0 fully saturated rings. The van der Waals surface area contributed by atoms with Crippen LogP contribution in [0.3, 0.4) is 0 Å². The van der Waals surface area contributed by atoms with Gasteiger partial charge in [-0.15, -0.1) is 0 Å². The number of benzene rings is 3. The van der Waals surface area contributed by atoms with Crippen LogP contribution in [0, 0.1) is 17.7 Å². The molecule has 0 aliphatic rings. The fourth-order valence-electron chi connectivity index (χ4n) is 4.27. The lowest BCUT2D eigenvalue weighted by molar-refractivity contribution is -0.138. The van der Waals surface area contributed by atoms with E-state index in [1.807, 2.05) is 49.4 Å². The van der Waals surface area contributed by atoms with Crippen molar-refractivity contribution in [2.45, 2.75) is 38.6 Å². The first-order valence-corrected chi connectivity index (χ1v) is 10.6. The van der Waals surface area contributed by atoms with Crippen molar-refractivity contribution in [1.29, 1.82) is 0 Å². The Kier molecular flexibility index (Phi) is 6.12. The predicted molar refractivity (Wildman–Crippen MR) is 122 cm³/mol. The molecule has 4 rings (SSSR count). The summed E-state index contributed by atoms with van der Waals surface area (Å²) in [5.41, 5.74) is 4.67. The van der Waals surface area contributed by atoms with Gasteiger partial charge in [0, 0.05) is 10.8 Å². The van der Waals surface area contributed by atoms with Crippen molar-refractivity contribution < 1.29 is 14.3 Å². The van der Waals surface area contributed by atoms with Crippen LogP contribution in [-0.4, -0.2) is 11.1 Å². The summed E-state index contributed by atoms with van der Waals surface area (Å²) in [6.07, 6.45) is 2.16. The first kappa shape index (κ1) is 20.8. The minimum absolute atomic E-state index is 0.0888. The van der Waals surface area contributed by atoms with Crippen LogP contribution in [0.25, 0.3) is 21.9 Å². The molecule has 31 heavy (non-hydrogen) atoms. The maximum Gasteiger partial charge on any atom is 0.303 e. The topological polar surface area (TPSA) is 79.9 Å². The summed E-state index contributed by atoms with van der Waals surface area (Å²) < 4.78 is 5.87. The minimum atomic E-state index is -0.913. The van der Waals surface area contributed by atoms with E-state index >= 15 is 0 Å². The molecule has 0 saturated heterocycles. The summed E-state index contributed by atoms with van der Waals surface area (Å²) in [7, 11) is 0. The third kappa shape index (κ3) is 4.66. The Labute approximate surface area is 180 Å². The number of carboxylic acid groups (broad SMARTS) is 1. The summed E-state index contributed by atoms with van der Waals surface area (Å²) in [6.45, 7) is 2.05. The second-order valence-corrected chi connectivity index (χ2v) is 8.14. The molecule has 0 saturated carbocycles. The van der Waals surface area contributed by atoms with Crippen LogP contribution in [0.2, 0.25) is 0 Å². The van der Waals surface area contributed by atoms with Gasteiger partial charge in [-0.1, -0.05) is 59.3 Å². The second-order valence-electron chi connectivity index (χ2n) is 8.14. The number of nitrogens with zero attached hydrogens (tertiary/aromatic N) is 1. The molecule has 158 valence electrons. The lowest BCUT2D eigenvalue weighted by atomic mass is 9.86. The Balaban J connectivity index is 1.58. The number of aliphatic carboxylic acids is 1. The molecule has 0 aliphatic carbocycles. The maximum absolute atomic E-state index is 11.9. The van der Waals surface area contributed by atoms with E-state index in [1.165, 1.54) is 11.1 Å². The summed E-state index contributed by atoms with van der Waals surface area (Å²) >= 11 is 0. The zero-order valence-electron chi connectivity index (χ0n) is 17.5. The van der Waals surface area contributed by atoms with E-state index in [-0.39, 0.29) is 12.3 Å². The van der Waals surface area contributed by atoms with Gasteiger partial charge in [-0.25, -0.2) is 0 Å². The molecular weight excluding hydrogens is 390 g/mol. The molecule has 0 spiro atoms. The number of fused-ring (bicyclic) bond motifs is 3. The molecule has 0 amide bonds. The highest BCUT2D eigenvalue weighted by Crippen LogP contribution is 2.36. The van der Waals surface area contributed by atoms with Crippen molar-refractivity contribution >= 4 is 27.9 Å². The van der Waals surface area contributed by atoms with Gasteiger partial charge in [-0.05, 0) is 61.4 Å². The average Bonchev–Trinajstić information content (AvgIpc) is 3.13. The number of aryl methyl sites for hydroxylation is 2. The van der Waals surface area contributed by atoms with Crippen LogP contribution in [0.5, 0.6) is 0 Å². The highest BCUT2D eigenvalue weighted by molar-refractivity contribution is 6.05. The summed E-state index contributed by atoms with van der Waals surface area (Å²) in [4.78, 5) is 23.4. The number of carboxylic acids is 1. The van der Waals surface area contributed by atoms with E-state index in [0.29, 0.717) is 6.42 Å². The highest BCUT2D eigenvalue weighted by Gasteiger charge is 2.27. The van der Waals surface area contributed by atoms with Gasteiger partial charge >= 0.3 is 5.97 Å². The van der Waals surface area contributed by atoms with E-state index < -0.39 is 12.0 Å². The SMILES string of the molecule is Cc1ccc(CCCC(CC(=O)O)C(N=O)c2ccc3oc4ccccc4c3c2)cc1. The number of carbonyl (C=O) groups is 1. The Morgan fingerprint density at radius 1 is 1.00 bits per heavy atom. The number of nitroso groups, excluding NO2 is 1. The van der Waals surface area contributed by atoms with Gasteiger partial charge in [0.25, 0.3) is 0 Å². The van der Waals surface area contributed by atoms with Gasteiger partial charge in [0.1, 0.15) is 17.2 Å². The molecule has 1 N–H and O–H groups in total. The zero-order valence-corrected chi connectivity index (χ0v) is 17.5. The Morgan fingerprint density at radius 3 is 2.48 bits per heavy atom. The van der Waals surface area contributed by atoms with Gasteiger partial charge in [-0.2, -0.15) is 4.91 Å². The van der Waals surface area contributed by atoms with Crippen molar-refractivity contribution in [2.75, 3.05) is 0 Å². The fraction of sp³-hybridized carbons (Fsp3) is 0.269. The average molecular weight is 415 g/mol. The number of rotatable bonds is 9. The normalized spacial score (nSPS) is 13.3. The molecule has 2 unspecified atom stereocenters. The lowest BCUT2D eigenvalue weighted by Crippen LogP contribution is -2.16. The number of hydrogen-bond acceptors (Lipinski definition) is 4. The Bertz CT molecular complexity index is 1210. The molecule has 1 aromatic heterocycles. The van der Waals surface area contributed by atoms with E-state index in [1.54, 1.807) is 0 Å². The van der Waals surface area contributed by atoms with Crippen LogP contribution in [0.4, 0.5) is 0 Å². The van der Waals surface area contributed by atoms with Crippen LogP contribution in [-0.2, 0) is 11.2 Å². The summed E-state index contributed by atoms with van der Waals surface area (Å²) in [5.74, 6) is -1.28. The summed E-state index contributed by atoms with van der Waals surface area (Å²) in [6, 6.07) is 20.9. The standard InChI is InChI=1S/C26H25NO4/c1-17-9-11-18(12-10-17)5-4-6-19(16-25(28)29)26(27-30)20-13-14-24-22(15-20)21-7-2-3-8-23(21)31-24/h2-3,7-15,19,26H,4-6,16H2,1H3,(H,28,29). The van der Waals surface area contributed by atoms with E-state index in [2.05, 4.69) is 29.4 Å². The molecule has 4 aromatic rings. The molecule has 3 aromatic carbocycles. The minimum Gasteiger partial charge on any atom is -0.481 e. The second kappa shape index (κ2) is 9.13. The van der Waals surface area contributed by atoms with Gasteiger partial charge in [-0.3, -0.25) is 4.79 Å². The lowest BCUT2D eigenvalue weighted by Gasteiger charge is -2.21. The van der Waals surface area contributed by atoms with Crippen LogP contribution < -0.4 is 0 Å². The molecule has 0 radical (unpaired) electrons. The number of furan rings is 1. The van der Waals surface area contributed by atoms with E-state index in [9.17, 15) is 14.8 Å². The summed E-state index contributed by atoms with van der Waals surface area (Å²) in [5, 5.41) is 14.7. The number of hydrogen-bond donors (Lipinski definition) is 1. The van der Waals surface area contributed by atoms with Gasteiger partial charge in [0.15, 0.2) is 0 Å². The fourth-order valence-corrected chi connectivity index (χ4v) is 4.27. The molecule has 0 bridgehead atoms. The Morgan fingerprint density at radius 2 is 1.74 bits per heavy atom. The Hall–Kier alpha value is -3.47. The first-order chi connectivity index (χ1) is 15.0. The molecule has 1 heterocycles. The molecule has 5 nitrogen and oxygen atoms in total. The molecule has 5 heteroatoms. The van der Waals surface area contributed by atoms with Crippen molar-refractivity contribution in [3.8, 4) is 0 Å². The monoisotopic (exact) mass is 415 g/mol. The smallest absolute Gasteiger partial charge is 0.303 e. The van der Waals surface area contributed by atoms with Crippen LogP contribution >= 0.6 is 0 Å². The zero-order chi connectivity index (χ0) is 21.8. The van der Waals surface area contributed by atoms with Crippen molar-refractivity contribution in [3.05, 3.63) is 88.3 Å².